The van der Waals surface area contributed by atoms with Crippen molar-refractivity contribution in [1.29, 1.82) is 0 Å². The quantitative estimate of drug-likeness (QED) is 0.499. The van der Waals surface area contributed by atoms with Gasteiger partial charge >= 0.3 is 5.97 Å². The van der Waals surface area contributed by atoms with Crippen LogP contribution in [-0.2, 0) is 19.6 Å². The molecule has 1 atom stereocenters. The lowest BCUT2D eigenvalue weighted by Crippen LogP contribution is -2.30. The fourth-order valence-electron chi connectivity index (χ4n) is 2.80. The second-order valence-electron chi connectivity index (χ2n) is 7.11. The molecule has 3 aromatic rings. The van der Waals surface area contributed by atoms with E-state index in [1.165, 1.54) is 31.2 Å². The van der Waals surface area contributed by atoms with Crippen LogP contribution in [0.25, 0.3) is 0 Å². The normalized spacial score (nSPS) is 12.0. The molecule has 0 heterocycles. The number of carbonyl (C=O) groups excluding carboxylic acids is 2. The van der Waals surface area contributed by atoms with Crippen LogP contribution in [0.15, 0.2) is 71.6 Å². The van der Waals surface area contributed by atoms with Gasteiger partial charge in [-0.05, 0) is 61.9 Å². The fraction of sp³-hybridized carbons (Fsp3) is 0.130. The number of carbonyl (C=O) groups is 2. The number of amides is 1. The molecule has 172 valence electrons. The van der Waals surface area contributed by atoms with Crippen LogP contribution in [-0.4, -0.2) is 26.4 Å². The highest BCUT2D eigenvalue weighted by Crippen LogP contribution is 2.20. The van der Waals surface area contributed by atoms with Crippen molar-refractivity contribution in [2.45, 2.75) is 24.8 Å². The molecule has 2 N–H and O–H groups in total. The Labute approximate surface area is 189 Å². The number of aryl methyl sites for hydroxylation is 1. The Bertz CT molecular complexity index is 1310. The molecule has 0 spiro atoms. The zero-order valence-corrected chi connectivity index (χ0v) is 18.5. The van der Waals surface area contributed by atoms with Crippen molar-refractivity contribution in [3.05, 3.63) is 89.5 Å². The van der Waals surface area contributed by atoms with Crippen LogP contribution in [0.2, 0.25) is 0 Å². The summed E-state index contributed by atoms with van der Waals surface area (Å²) < 4.78 is 58.8. The number of nitrogens with one attached hydrogen (secondary N) is 2. The molecule has 0 aliphatic rings. The van der Waals surface area contributed by atoms with Gasteiger partial charge in [0, 0.05) is 11.4 Å². The van der Waals surface area contributed by atoms with E-state index in [1.807, 2.05) is 19.1 Å². The molecule has 0 radical (unpaired) electrons. The molecule has 7 nitrogen and oxygen atoms in total. The largest absolute Gasteiger partial charge is 0.449 e. The van der Waals surface area contributed by atoms with Crippen molar-refractivity contribution in [3.63, 3.8) is 0 Å². The summed E-state index contributed by atoms with van der Waals surface area (Å²) >= 11 is 0. The highest BCUT2D eigenvalue weighted by atomic mass is 32.2. The molecule has 3 rings (SSSR count). The summed E-state index contributed by atoms with van der Waals surface area (Å²) in [7, 11) is -4.24. The predicted molar refractivity (Wildman–Crippen MR) is 118 cm³/mol. The van der Waals surface area contributed by atoms with Crippen molar-refractivity contribution < 1.29 is 31.5 Å². The van der Waals surface area contributed by atoms with Crippen molar-refractivity contribution in [2.24, 2.45) is 0 Å². The van der Waals surface area contributed by atoms with Crippen LogP contribution < -0.4 is 10.0 Å². The minimum atomic E-state index is -4.24. The number of benzene rings is 3. The molecule has 0 bridgehead atoms. The van der Waals surface area contributed by atoms with Gasteiger partial charge in [0.2, 0.25) is 0 Å². The minimum Gasteiger partial charge on any atom is -0.449 e. The van der Waals surface area contributed by atoms with Crippen LogP contribution in [0.4, 0.5) is 20.2 Å². The lowest BCUT2D eigenvalue weighted by molar-refractivity contribution is -0.123. The molecule has 0 fully saturated rings. The number of hydrogen-bond acceptors (Lipinski definition) is 5. The van der Waals surface area contributed by atoms with E-state index in [9.17, 15) is 26.8 Å². The molecule has 0 aliphatic heterocycles. The summed E-state index contributed by atoms with van der Waals surface area (Å²) in [6.45, 7) is 3.22. The molecular formula is C23H20F2N2O5S. The molecule has 0 saturated carbocycles. The maximum absolute atomic E-state index is 13.4. The number of ether oxygens (including phenoxy) is 1. The molecule has 0 aromatic heterocycles. The molecule has 1 amide bonds. The second kappa shape index (κ2) is 9.78. The van der Waals surface area contributed by atoms with E-state index in [4.69, 9.17) is 4.74 Å². The lowest BCUT2D eigenvalue weighted by Gasteiger charge is -2.15. The standard InChI is InChI=1S/C23H20F2N2O5S/c1-14-6-3-4-9-21(14)26-22(28)15(2)32-23(29)16-7-5-8-17(12-16)27-33(30,31)18-10-11-19(24)20(25)13-18/h3-13,15,27H,1-2H3,(H,26,28). The molecule has 0 aliphatic carbocycles. The topological polar surface area (TPSA) is 102 Å². The van der Waals surface area contributed by atoms with Crippen molar-refractivity contribution in [3.8, 4) is 0 Å². The van der Waals surface area contributed by atoms with Gasteiger partial charge in [-0.1, -0.05) is 24.3 Å². The van der Waals surface area contributed by atoms with E-state index in [0.29, 0.717) is 17.8 Å². The summed E-state index contributed by atoms with van der Waals surface area (Å²) in [5.41, 5.74) is 1.40. The summed E-state index contributed by atoms with van der Waals surface area (Å²) in [4.78, 5) is 24.3. The van der Waals surface area contributed by atoms with E-state index >= 15 is 0 Å². The van der Waals surface area contributed by atoms with E-state index in [2.05, 4.69) is 10.0 Å². The highest BCUT2D eigenvalue weighted by molar-refractivity contribution is 7.92. The first kappa shape index (κ1) is 23.9. The van der Waals surface area contributed by atoms with Crippen molar-refractivity contribution in [1.82, 2.24) is 0 Å². The van der Waals surface area contributed by atoms with Gasteiger partial charge in [-0.25, -0.2) is 22.0 Å². The number of esters is 1. The van der Waals surface area contributed by atoms with Gasteiger partial charge in [-0.3, -0.25) is 9.52 Å². The van der Waals surface area contributed by atoms with Crippen molar-refractivity contribution in [2.75, 3.05) is 10.0 Å². The first-order valence-corrected chi connectivity index (χ1v) is 11.2. The van der Waals surface area contributed by atoms with Gasteiger partial charge < -0.3 is 10.1 Å². The number of sulfonamides is 1. The molecule has 10 heteroatoms. The van der Waals surface area contributed by atoms with Gasteiger partial charge in [0.05, 0.1) is 10.5 Å². The van der Waals surface area contributed by atoms with Gasteiger partial charge in [0.25, 0.3) is 15.9 Å². The summed E-state index contributed by atoms with van der Waals surface area (Å²) in [6, 6.07) is 14.6. The third-order valence-corrected chi connectivity index (χ3v) is 5.99. The number of hydrogen-bond donors (Lipinski definition) is 2. The zero-order chi connectivity index (χ0) is 24.2. The third kappa shape index (κ3) is 5.92. The van der Waals surface area contributed by atoms with E-state index in [0.717, 1.165) is 11.6 Å². The van der Waals surface area contributed by atoms with Crippen LogP contribution in [0.5, 0.6) is 0 Å². The molecule has 0 saturated heterocycles. The van der Waals surface area contributed by atoms with E-state index < -0.39 is 44.5 Å². The summed E-state index contributed by atoms with van der Waals surface area (Å²) in [5, 5.41) is 2.67. The monoisotopic (exact) mass is 474 g/mol. The zero-order valence-electron chi connectivity index (χ0n) is 17.6. The molecule has 33 heavy (non-hydrogen) atoms. The SMILES string of the molecule is Cc1ccccc1NC(=O)C(C)OC(=O)c1cccc(NS(=O)(=O)c2ccc(F)c(F)c2)c1. The third-order valence-electron chi connectivity index (χ3n) is 4.61. The van der Waals surface area contributed by atoms with E-state index in [1.54, 1.807) is 12.1 Å². The van der Waals surface area contributed by atoms with Crippen LogP contribution in [0.3, 0.4) is 0 Å². The maximum atomic E-state index is 13.4. The number of halogens is 2. The highest BCUT2D eigenvalue weighted by Gasteiger charge is 2.21. The lowest BCUT2D eigenvalue weighted by atomic mass is 10.2. The first-order chi connectivity index (χ1) is 15.6. The van der Waals surface area contributed by atoms with Gasteiger partial charge in [0.1, 0.15) is 0 Å². The van der Waals surface area contributed by atoms with Crippen LogP contribution in [0, 0.1) is 18.6 Å². The van der Waals surface area contributed by atoms with Crippen molar-refractivity contribution >= 4 is 33.3 Å². The Morgan fingerprint density at radius 2 is 1.67 bits per heavy atom. The molecular weight excluding hydrogens is 454 g/mol. The van der Waals surface area contributed by atoms with Crippen LogP contribution in [0.1, 0.15) is 22.8 Å². The smallest absolute Gasteiger partial charge is 0.338 e. The van der Waals surface area contributed by atoms with E-state index in [-0.39, 0.29) is 11.3 Å². The number of para-hydroxylation sites is 1. The Kier molecular flexibility index (Phi) is 7.07. The Balaban J connectivity index is 1.69. The summed E-state index contributed by atoms with van der Waals surface area (Å²) in [6.07, 6.45) is -1.13. The molecule has 3 aromatic carbocycles. The predicted octanol–water partition coefficient (Wildman–Crippen LogP) is 4.26. The van der Waals surface area contributed by atoms with Gasteiger partial charge in [-0.15, -0.1) is 0 Å². The van der Waals surface area contributed by atoms with Gasteiger partial charge in [-0.2, -0.15) is 0 Å². The maximum Gasteiger partial charge on any atom is 0.338 e. The summed E-state index contributed by atoms with van der Waals surface area (Å²) in [5.74, 6) is -3.88. The minimum absolute atomic E-state index is 0.00815. The Hall–Kier alpha value is -3.79. The number of rotatable bonds is 7. The average Bonchev–Trinajstić information content (AvgIpc) is 2.77. The fourth-order valence-corrected chi connectivity index (χ4v) is 3.86. The van der Waals surface area contributed by atoms with Gasteiger partial charge in [0.15, 0.2) is 17.7 Å². The average molecular weight is 474 g/mol. The first-order valence-electron chi connectivity index (χ1n) is 9.72. The van der Waals surface area contributed by atoms with Crippen LogP contribution >= 0.6 is 0 Å². The number of anilines is 2. The second-order valence-corrected chi connectivity index (χ2v) is 8.80. The Morgan fingerprint density at radius 3 is 2.36 bits per heavy atom. The Morgan fingerprint density at radius 1 is 0.939 bits per heavy atom. The molecule has 1 unspecified atom stereocenters.